The maximum atomic E-state index is 11.8. The lowest BCUT2D eigenvalue weighted by molar-refractivity contribution is 0.864. The second-order valence-corrected chi connectivity index (χ2v) is 3.64. The summed E-state index contributed by atoms with van der Waals surface area (Å²) < 4.78 is 1.60. The van der Waals surface area contributed by atoms with Crippen molar-refractivity contribution in [2.75, 3.05) is 0 Å². The summed E-state index contributed by atoms with van der Waals surface area (Å²) in [5.41, 5.74) is 2.86. The van der Waals surface area contributed by atoms with Gasteiger partial charge in [0.15, 0.2) is 0 Å². The van der Waals surface area contributed by atoms with E-state index in [0.29, 0.717) is 5.39 Å². The van der Waals surface area contributed by atoms with Crippen LogP contribution in [0.25, 0.3) is 10.9 Å². The fourth-order valence-electron chi connectivity index (χ4n) is 1.65. The third-order valence-electron chi connectivity index (χ3n) is 2.34. The number of aryl methyl sites for hydroxylation is 3. The minimum atomic E-state index is 0.0156. The molecule has 0 amide bonds. The maximum Gasteiger partial charge on any atom is 0.259 e. The highest BCUT2D eigenvalue weighted by Gasteiger charge is 2.04. The van der Waals surface area contributed by atoms with Crippen LogP contribution in [0.2, 0.25) is 0 Å². The highest BCUT2D eigenvalue weighted by atomic mass is 16.1. The van der Waals surface area contributed by atoms with Gasteiger partial charge < -0.3 is 4.57 Å². The molecular formula is C11H12N2O. The lowest BCUT2D eigenvalue weighted by atomic mass is 10.1. The van der Waals surface area contributed by atoms with Crippen LogP contribution in [0.1, 0.15) is 11.1 Å². The highest BCUT2D eigenvalue weighted by molar-refractivity contribution is 5.80. The third-order valence-corrected chi connectivity index (χ3v) is 2.34. The molecule has 0 radical (unpaired) electrons. The molecule has 0 unspecified atom stereocenters. The van der Waals surface area contributed by atoms with E-state index >= 15 is 0 Å². The minimum absolute atomic E-state index is 0.0156. The SMILES string of the molecule is Cc1cnc2c(C)cn(C)c(=O)c2c1. The zero-order valence-electron chi connectivity index (χ0n) is 8.53. The summed E-state index contributed by atoms with van der Waals surface area (Å²) in [6, 6.07) is 1.89. The molecule has 0 saturated carbocycles. The molecule has 0 spiro atoms. The minimum Gasteiger partial charge on any atom is -0.318 e. The van der Waals surface area contributed by atoms with E-state index < -0.39 is 0 Å². The molecule has 0 aliphatic heterocycles. The van der Waals surface area contributed by atoms with Crippen molar-refractivity contribution in [3.8, 4) is 0 Å². The van der Waals surface area contributed by atoms with Crippen LogP contribution in [0.3, 0.4) is 0 Å². The zero-order chi connectivity index (χ0) is 10.3. The van der Waals surface area contributed by atoms with Crippen LogP contribution in [0, 0.1) is 13.8 Å². The van der Waals surface area contributed by atoms with Crippen LogP contribution in [-0.2, 0) is 7.05 Å². The number of nitrogens with zero attached hydrogens (tertiary/aromatic N) is 2. The van der Waals surface area contributed by atoms with Gasteiger partial charge in [0.25, 0.3) is 5.56 Å². The van der Waals surface area contributed by atoms with Crippen molar-refractivity contribution in [3.63, 3.8) is 0 Å². The Bertz CT molecular complexity index is 555. The van der Waals surface area contributed by atoms with Gasteiger partial charge in [-0.1, -0.05) is 0 Å². The lowest BCUT2D eigenvalue weighted by Crippen LogP contribution is -2.17. The van der Waals surface area contributed by atoms with E-state index in [0.717, 1.165) is 16.6 Å². The maximum absolute atomic E-state index is 11.8. The van der Waals surface area contributed by atoms with Gasteiger partial charge in [-0.05, 0) is 31.0 Å². The first-order valence-electron chi connectivity index (χ1n) is 4.52. The molecule has 0 aliphatic carbocycles. The van der Waals surface area contributed by atoms with Crippen LogP contribution >= 0.6 is 0 Å². The molecule has 0 saturated heterocycles. The van der Waals surface area contributed by atoms with Gasteiger partial charge in [-0.25, -0.2) is 0 Å². The number of aromatic nitrogens is 2. The van der Waals surface area contributed by atoms with Crippen LogP contribution in [0.5, 0.6) is 0 Å². The van der Waals surface area contributed by atoms with Crippen LogP contribution in [0.4, 0.5) is 0 Å². The van der Waals surface area contributed by atoms with Crippen LogP contribution < -0.4 is 5.56 Å². The Kier molecular flexibility index (Phi) is 1.88. The van der Waals surface area contributed by atoms with E-state index in [4.69, 9.17) is 0 Å². The van der Waals surface area contributed by atoms with Gasteiger partial charge in [-0.15, -0.1) is 0 Å². The molecule has 0 N–H and O–H groups in total. The fourth-order valence-corrected chi connectivity index (χ4v) is 1.65. The van der Waals surface area contributed by atoms with E-state index in [2.05, 4.69) is 4.98 Å². The first-order chi connectivity index (χ1) is 6.59. The van der Waals surface area contributed by atoms with E-state index in [9.17, 15) is 4.79 Å². The zero-order valence-corrected chi connectivity index (χ0v) is 8.53. The van der Waals surface area contributed by atoms with Gasteiger partial charge in [-0.2, -0.15) is 0 Å². The number of hydrogen-bond acceptors (Lipinski definition) is 2. The molecule has 0 aliphatic rings. The third kappa shape index (κ3) is 1.21. The van der Waals surface area contributed by atoms with Crippen LogP contribution in [0.15, 0.2) is 23.3 Å². The molecular weight excluding hydrogens is 176 g/mol. The molecule has 0 atom stereocenters. The normalized spacial score (nSPS) is 10.8. The van der Waals surface area contributed by atoms with E-state index in [-0.39, 0.29) is 5.56 Å². The molecule has 0 bridgehead atoms. The van der Waals surface area contributed by atoms with Gasteiger partial charge in [0.2, 0.25) is 0 Å². The standard InChI is InChI=1S/C11H12N2O/c1-7-4-9-10(12-5-7)8(2)6-13(3)11(9)14/h4-6H,1-3H3. The summed E-state index contributed by atoms with van der Waals surface area (Å²) in [6.07, 6.45) is 3.60. The van der Waals surface area contributed by atoms with Crippen molar-refractivity contribution in [1.29, 1.82) is 0 Å². The smallest absolute Gasteiger partial charge is 0.259 e. The predicted octanol–water partition coefficient (Wildman–Crippen LogP) is 1.55. The molecule has 0 aromatic carbocycles. The summed E-state index contributed by atoms with van der Waals surface area (Å²) in [7, 11) is 1.76. The van der Waals surface area contributed by atoms with Crippen molar-refractivity contribution in [1.82, 2.24) is 9.55 Å². The average Bonchev–Trinajstić information content (AvgIpc) is 2.14. The van der Waals surface area contributed by atoms with E-state index in [1.54, 1.807) is 17.8 Å². The molecule has 72 valence electrons. The molecule has 2 heterocycles. The Balaban J connectivity index is 3.03. The van der Waals surface area contributed by atoms with Crippen molar-refractivity contribution in [2.45, 2.75) is 13.8 Å². The molecule has 0 fully saturated rings. The van der Waals surface area contributed by atoms with Gasteiger partial charge >= 0.3 is 0 Å². The Morgan fingerprint density at radius 2 is 2.07 bits per heavy atom. The second kappa shape index (κ2) is 2.94. The Hall–Kier alpha value is -1.64. The Morgan fingerprint density at radius 3 is 2.79 bits per heavy atom. The van der Waals surface area contributed by atoms with Crippen molar-refractivity contribution in [2.24, 2.45) is 7.05 Å². The van der Waals surface area contributed by atoms with Gasteiger partial charge in [0, 0.05) is 19.4 Å². The van der Waals surface area contributed by atoms with Crippen molar-refractivity contribution < 1.29 is 0 Å². The summed E-state index contributed by atoms with van der Waals surface area (Å²) in [5.74, 6) is 0. The number of fused-ring (bicyclic) bond motifs is 1. The Labute approximate surface area is 82.0 Å². The highest BCUT2D eigenvalue weighted by Crippen LogP contribution is 2.12. The summed E-state index contributed by atoms with van der Waals surface area (Å²) in [4.78, 5) is 16.0. The first kappa shape index (κ1) is 8.94. The Morgan fingerprint density at radius 1 is 1.36 bits per heavy atom. The average molecular weight is 188 g/mol. The second-order valence-electron chi connectivity index (χ2n) is 3.64. The number of pyridine rings is 2. The molecule has 3 heteroatoms. The van der Waals surface area contributed by atoms with Crippen LogP contribution in [-0.4, -0.2) is 9.55 Å². The molecule has 2 aromatic heterocycles. The van der Waals surface area contributed by atoms with Crippen molar-refractivity contribution in [3.05, 3.63) is 39.9 Å². The monoisotopic (exact) mass is 188 g/mol. The van der Waals surface area contributed by atoms with Crippen molar-refractivity contribution >= 4 is 10.9 Å². The summed E-state index contributed by atoms with van der Waals surface area (Å²) >= 11 is 0. The fraction of sp³-hybridized carbons (Fsp3) is 0.273. The summed E-state index contributed by atoms with van der Waals surface area (Å²) in [5, 5.41) is 0.701. The summed E-state index contributed by atoms with van der Waals surface area (Å²) in [6.45, 7) is 3.90. The van der Waals surface area contributed by atoms with Gasteiger partial charge in [0.1, 0.15) is 0 Å². The first-order valence-corrected chi connectivity index (χ1v) is 4.52. The van der Waals surface area contributed by atoms with Gasteiger partial charge in [-0.3, -0.25) is 9.78 Å². The van der Waals surface area contributed by atoms with Gasteiger partial charge in [0.05, 0.1) is 10.9 Å². The molecule has 3 nitrogen and oxygen atoms in total. The van der Waals surface area contributed by atoms with E-state index in [1.807, 2.05) is 26.1 Å². The number of hydrogen-bond donors (Lipinski definition) is 0. The van der Waals surface area contributed by atoms with E-state index in [1.165, 1.54) is 0 Å². The predicted molar refractivity (Wildman–Crippen MR) is 56.5 cm³/mol. The number of rotatable bonds is 0. The topological polar surface area (TPSA) is 34.9 Å². The molecule has 2 aromatic rings. The lowest BCUT2D eigenvalue weighted by Gasteiger charge is -2.04. The quantitative estimate of drug-likeness (QED) is 0.628. The molecule has 2 rings (SSSR count). The molecule has 14 heavy (non-hydrogen) atoms. The largest absolute Gasteiger partial charge is 0.318 e.